The molecule has 0 spiro atoms. The number of carbonyl (C=O) groups is 2. The lowest BCUT2D eigenvalue weighted by Crippen LogP contribution is -2.15. The summed E-state index contributed by atoms with van der Waals surface area (Å²) in [6, 6.07) is 35.4. The van der Waals surface area contributed by atoms with Crippen molar-refractivity contribution < 1.29 is 9.59 Å². The Morgan fingerprint density at radius 2 is 1.22 bits per heavy atom. The maximum atomic E-state index is 12.9. The van der Waals surface area contributed by atoms with E-state index in [0.717, 1.165) is 16.8 Å². The molecule has 0 unspecified atom stereocenters. The van der Waals surface area contributed by atoms with Gasteiger partial charge in [-0.2, -0.15) is 5.10 Å². The van der Waals surface area contributed by atoms with E-state index in [0.29, 0.717) is 28.3 Å². The van der Waals surface area contributed by atoms with Crippen LogP contribution in [0.3, 0.4) is 0 Å². The van der Waals surface area contributed by atoms with E-state index >= 15 is 0 Å². The largest absolute Gasteiger partial charge is 0.322 e. The molecule has 5 aromatic rings. The highest BCUT2D eigenvalue weighted by Gasteiger charge is 2.15. The Morgan fingerprint density at radius 3 is 1.81 bits per heavy atom. The number of aryl methyl sites for hydroxylation is 1. The molecule has 1 heterocycles. The van der Waals surface area contributed by atoms with Crippen LogP contribution in [0.25, 0.3) is 16.9 Å². The predicted octanol–water partition coefficient (Wildman–Crippen LogP) is 6.35. The smallest absolute Gasteiger partial charge is 0.256 e. The first-order valence-electron chi connectivity index (χ1n) is 11.6. The number of hydrogen-bond acceptors (Lipinski definition) is 3. The maximum absolute atomic E-state index is 12.9. The lowest BCUT2D eigenvalue weighted by Gasteiger charge is -2.09. The Bertz CT molecular complexity index is 1490. The molecule has 0 saturated carbocycles. The Balaban J connectivity index is 1.42. The van der Waals surface area contributed by atoms with Crippen molar-refractivity contribution in [1.29, 1.82) is 0 Å². The van der Waals surface area contributed by atoms with Gasteiger partial charge in [0.25, 0.3) is 11.8 Å². The molecule has 0 radical (unpaired) electrons. The molecular formula is C30H24N4O2. The van der Waals surface area contributed by atoms with Crippen LogP contribution >= 0.6 is 0 Å². The summed E-state index contributed by atoms with van der Waals surface area (Å²) in [7, 11) is 0. The first kappa shape index (κ1) is 22.8. The van der Waals surface area contributed by atoms with E-state index in [9.17, 15) is 9.59 Å². The number of benzene rings is 4. The third-order valence-electron chi connectivity index (χ3n) is 5.74. The maximum Gasteiger partial charge on any atom is 0.256 e. The summed E-state index contributed by atoms with van der Waals surface area (Å²) in [5.74, 6) is 0.177. The van der Waals surface area contributed by atoms with Crippen LogP contribution in [0.2, 0.25) is 0 Å². The quantitative estimate of drug-likeness (QED) is 0.302. The second-order valence-electron chi connectivity index (χ2n) is 8.38. The second kappa shape index (κ2) is 10.1. The number of nitrogens with zero attached hydrogens (tertiary/aromatic N) is 2. The highest BCUT2D eigenvalue weighted by molar-refractivity contribution is 6.05. The van der Waals surface area contributed by atoms with Crippen LogP contribution in [0.15, 0.2) is 115 Å². The van der Waals surface area contributed by atoms with E-state index in [2.05, 4.69) is 10.6 Å². The summed E-state index contributed by atoms with van der Waals surface area (Å²) in [5.41, 5.74) is 5.36. The molecule has 0 saturated heterocycles. The van der Waals surface area contributed by atoms with E-state index in [1.807, 2.05) is 97.9 Å². The molecule has 0 aliphatic rings. The highest BCUT2D eigenvalue weighted by atomic mass is 16.2. The van der Waals surface area contributed by atoms with E-state index in [4.69, 9.17) is 5.10 Å². The first-order chi connectivity index (χ1) is 17.6. The van der Waals surface area contributed by atoms with Crippen molar-refractivity contribution in [1.82, 2.24) is 9.78 Å². The molecule has 2 amide bonds. The fourth-order valence-corrected chi connectivity index (χ4v) is 3.79. The molecule has 0 bridgehead atoms. The minimum Gasteiger partial charge on any atom is -0.322 e. The molecule has 176 valence electrons. The minimum absolute atomic E-state index is 0.169. The standard InChI is InChI=1S/C30H24N4O2/c1-21-12-18-26(19-13-21)34-28(32-30(36)24-10-6-3-7-11-24)20-27(33-34)22-14-16-25(17-15-22)31-29(35)23-8-4-2-5-9-23/h2-20H,1H3,(H,31,35)(H,32,36). The zero-order valence-electron chi connectivity index (χ0n) is 19.7. The van der Waals surface area contributed by atoms with Gasteiger partial charge in [-0.05, 0) is 55.5 Å². The van der Waals surface area contributed by atoms with Gasteiger partial charge in [0.1, 0.15) is 5.82 Å². The second-order valence-corrected chi connectivity index (χ2v) is 8.38. The molecule has 0 aliphatic heterocycles. The van der Waals surface area contributed by atoms with Gasteiger partial charge in [0, 0.05) is 28.4 Å². The third-order valence-corrected chi connectivity index (χ3v) is 5.74. The van der Waals surface area contributed by atoms with Gasteiger partial charge in [0.15, 0.2) is 0 Å². The van der Waals surface area contributed by atoms with Crippen LogP contribution in [0.5, 0.6) is 0 Å². The molecule has 6 heteroatoms. The molecule has 2 N–H and O–H groups in total. The molecule has 6 nitrogen and oxygen atoms in total. The minimum atomic E-state index is -0.214. The number of hydrogen-bond donors (Lipinski definition) is 2. The van der Waals surface area contributed by atoms with Crippen molar-refractivity contribution in [2.45, 2.75) is 6.92 Å². The van der Waals surface area contributed by atoms with Gasteiger partial charge in [0.2, 0.25) is 0 Å². The van der Waals surface area contributed by atoms with Gasteiger partial charge in [-0.3, -0.25) is 9.59 Å². The molecule has 0 aliphatic carbocycles. The number of nitrogens with one attached hydrogen (secondary N) is 2. The number of amides is 2. The Labute approximate surface area is 209 Å². The fourth-order valence-electron chi connectivity index (χ4n) is 3.79. The van der Waals surface area contributed by atoms with Crippen molar-refractivity contribution in [3.63, 3.8) is 0 Å². The zero-order valence-corrected chi connectivity index (χ0v) is 19.7. The molecule has 1 aromatic heterocycles. The van der Waals surface area contributed by atoms with Gasteiger partial charge in [-0.1, -0.05) is 66.2 Å². The van der Waals surface area contributed by atoms with Gasteiger partial charge >= 0.3 is 0 Å². The summed E-state index contributed by atoms with van der Waals surface area (Å²) >= 11 is 0. The number of rotatable bonds is 6. The molecule has 0 atom stereocenters. The number of carbonyl (C=O) groups excluding carboxylic acids is 2. The molecule has 0 fully saturated rings. The summed E-state index contributed by atoms with van der Waals surface area (Å²) in [6.07, 6.45) is 0. The summed E-state index contributed by atoms with van der Waals surface area (Å²) in [6.45, 7) is 2.02. The third kappa shape index (κ3) is 5.08. The van der Waals surface area contributed by atoms with Crippen molar-refractivity contribution in [3.8, 4) is 16.9 Å². The van der Waals surface area contributed by atoms with Gasteiger partial charge < -0.3 is 10.6 Å². The van der Waals surface area contributed by atoms with E-state index in [1.54, 1.807) is 28.9 Å². The predicted molar refractivity (Wildman–Crippen MR) is 143 cm³/mol. The van der Waals surface area contributed by atoms with Gasteiger partial charge in [0.05, 0.1) is 11.4 Å². The first-order valence-corrected chi connectivity index (χ1v) is 11.6. The lowest BCUT2D eigenvalue weighted by molar-refractivity contribution is 0.101. The van der Waals surface area contributed by atoms with Crippen LogP contribution in [0.4, 0.5) is 11.5 Å². The van der Waals surface area contributed by atoms with Crippen LogP contribution < -0.4 is 10.6 Å². The van der Waals surface area contributed by atoms with Crippen molar-refractivity contribution >= 4 is 23.3 Å². The van der Waals surface area contributed by atoms with E-state index in [1.165, 1.54) is 0 Å². The van der Waals surface area contributed by atoms with Crippen LogP contribution in [0.1, 0.15) is 26.3 Å². The van der Waals surface area contributed by atoms with Gasteiger partial charge in [-0.15, -0.1) is 0 Å². The topological polar surface area (TPSA) is 76.0 Å². The highest BCUT2D eigenvalue weighted by Crippen LogP contribution is 2.27. The lowest BCUT2D eigenvalue weighted by atomic mass is 10.1. The molecule has 5 rings (SSSR count). The SMILES string of the molecule is Cc1ccc(-n2nc(-c3ccc(NC(=O)c4ccccc4)cc3)cc2NC(=O)c2ccccc2)cc1. The van der Waals surface area contributed by atoms with Crippen LogP contribution in [-0.2, 0) is 0 Å². The molecule has 4 aromatic carbocycles. The number of aromatic nitrogens is 2. The Hall–Kier alpha value is -4.97. The summed E-state index contributed by atoms with van der Waals surface area (Å²) < 4.78 is 1.72. The van der Waals surface area contributed by atoms with E-state index < -0.39 is 0 Å². The van der Waals surface area contributed by atoms with Crippen LogP contribution in [-0.4, -0.2) is 21.6 Å². The van der Waals surface area contributed by atoms with Crippen molar-refractivity contribution in [2.75, 3.05) is 10.6 Å². The van der Waals surface area contributed by atoms with Crippen LogP contribution in [0, 0.1) is 6.92 Å². The Morgan fingerprint density at radius 1 is 0.667 bits per heavy atom. The fraction of sp³-hybridized carbons (Fsp3) is 0.0333. The average molecular weight is 473 g/mol. The van der Waals surface area contributed by atoms with Crippen molar-refractivity contribution in [3.05, 3.63) is 132 Å². The summed E-state index contributed by atoms with van der Waals surface area (Å²) in [5, 5.41) is 10.7. The number of anilines is 2. The van der Waals surface area contributed by atoms with Gasteiger partial charge in [-0.25, -0.2) is 4.68 Å². The molecule has 36 heavy (non-hydrogen) atoms. The summed E-state index contributed by atoms with van der Waals surface area (Å²) in [4.78, 5) is 25.3. The zero-order chi connectivity index (χ0) is 24.9. The average Bonchev–Trinajstić information content (AvgIpc) is 3.34. The monoisotopic (exact) mass is 472 g/mol. The normalized spacial score (nSPS) is 10.6. The Kier molecular flexibility index (Phi) is 6.40. The molecular weight excluding hydrogens is 448 g/mol. The van der Waals surface area contributed by atoms with Crippen molar-refractivity contribution in [2.24, 2.45) is 0 Å². The van der Waals surface area contributed by atoms with E-state index in [-0.39, 0.29) is 11.8 Å².